The van der Waals surface area contributed by atoms with Gasteiger partial charge in [-0.15, -0.1) is 11.3 Å². The molecule has 0 atom stereocenters. The van der Waals surface area contributed by atoms with Gasteiger partial charge in [0.1, 0.15) is 5.71 Å². The minimum atomic E-state index is -0.662. The maximum absolute atomic E-state index is 11.7. The molecule has 4 nitrogen and oxygen atoms in total. The van der Waals surface area contributed by atoms with Crippen LogP contribution in [0.3, 0.4) is 0 Å². The molecule has 19 heavy (non-hydrogen) atoms. The molecule has 2 heterocycles. The van der Waals surface area contributed by atoms with E-state index in [1.54, 1.807) is 12.1 Å². The minimum Gasteiger partial charge on any atom is -0.294 e. The number of nitrogens with one attached hydrogen (secondary N) is 2. The van der Waals surface area contributed by atoms with Crippen molar-refractivity contribution >= 4 is 40.5 Å². The summed E-state index contributed by atoms with van der Waals surface area (Å²) < 4.78 is 0. The molecule has 0 saturated heterocycles. The van der Waals surface area contributed by atoms with Gasteiger partial charge in [0, 0.05) is 15.5 Å². The SMILES string of the molecule is N=C1C(=O)NC(=O)c2cc(-c3ccccc3Cl)sc21. The summed E-state index contributed by atoms with van der Waals surface area (Å²) in [5, 5.41) is 10.4. The Labute approximate surface area is 117 Å². The fourth-order valence-electron chi connectivity index (χ4n) is 1.88. The number of fused-ring (bicyclic) bond motifs is 1. The third kappa shape index (κ3) is 1.87. The van der Waals surface area contributed by atoms with Crippen molar-refractivity contribution in [3.63, 3.8) is 0 Å². The van der Waals surface area contributed by atoms with E-state index >= 15 is 0 Å². The predicted molar refractivity (Wildman–Crippen MR) is 74.1 cm³/mol. The molecule has 2 amide bonds. The number of amides is 2. The van der Waals surface area contributed by atoms with E-state index in [-0.39, 0.29) is 5.71 Å². The van der Waals surface area contributed by atoms with Crippen LogP contribution in [0, 0.1) is 5.41 Å². The van der Waals surface area contributed by atoms with Crippen LogP contribution in [0.15, 0.2) is 30.3 Å². The first-order valence-corrected chi connectivity index (χ1v) is 6.60. The molecule has 2 N–H and O–H groups in total. The van der Waals surface area contributed by atoms with Crippen molar-refractivity contribution in [3.05, 3.63) is 45.8 Å². The van der Waals surface area contributed by atoms with Crippen molar-refractivity contribution in [3.8, 4) is 10.4 Å². The van der Waals surface area contributed by atoms with Gasteiger partial charge in [0.15, 0.2) is 0 Å². The number of benzene rings is 1. The first kappa shape index (κ1) is 12.1. The van der Waals surface area contributed by atoms with Gasteiger partial charge >= 0.3 is 0 Å². The highest BCUT2D eigenvalue weighted by Gasteiger charge is 2.30. The zero-order chi connectivity index (χ0) is 13.6. The molecule has 0 bridgehead atoms. The Bertz CT molecular complexity index is 736. The van der Waals surface area contributed by atoms with Gasteiger partial charge in [-0.25, -0.2) is 0 Å². The van der Waals surface area contributed by atoms with Crippen LogP contribution in [0.5, 0.6) is 0 Å². The molecule has 94 valence electrons. The average molecular weight is 291 g/mol. The van der Waals surface area contributed by atoms with Crippen molar-refractivity contribution in [1.29, 1.82) is 5.41 Å². The van der Waals surface area contributed by atoms with Crippen LogP contribution in [0.4, 0.5) is 0 Å². The summed E-state index contributed by atoms with van der Waals surface area (Å²) in [6, 6.07) is 8.92. The highest BCUT2D eigenvalue weighted by molar-refractivity contribution is 7.18. The molecule has 1 aliphatic rings. The summed E-state index contributed by atoms with van der Waals surface area (Å²) in [7, 11) is 0. The zero-order valence-corrected chi connectivity index (χ0v) is 11.1. The smallest absolute Gasteiger partial charge is 0.277 e. The normalized spacial score (nSPS) is 14.3. The fraction of sp³-hybridized carbons (Fsp3) is 0. The van der Waals surface area contributed by atoms with E-state index in [0.717, 1.165) is 10.4 Å². The number of carbonyl (C=O) groups excluding carboxylic acids is 2. The summed E-state index contributed by atoms with van der Waals surface area (Å²) in [4.78, 5) is 24.3. The summed E-state index contributed by atoms with van der Waals surface area (Å²) in [5.74, 6) is -1.13. The second kappa shape index (κ2) is 4.29. The van der Waals surface area contributed by atoms with Crippen LogP contribution < -0.4 is 5.32 Å². The molecule has 6 heteroatoms. The minimum absolute atomic E-state index is 0.182. The lowest BCUT2D eigenvalue weighted by Crippen LogP contribution is -2.41. The molecule has 0 fully saturated rings. The molecule has 0 spiro atoms. The van der Waals surface area contributed by atoms with Crippen LogP contribution >= 0.6 is 22.9 Å². The molecular weight excluding hydrogens is 284 g/mol. The van der Waals surface area contributed by atoms with Crippen LogP contribution in [0.25, 0.3) is 10.4 Å². The molecule has 0 radical (unpaired) electrons. The van der Waals surface area contributed by atoms with Crippen LogP contribution in [-0.2, 0) is 4.79 Å². The number of halogens is 1. The van der Waals surface area contributed by atoms with Crippen molar-refractivity contribution in [2.45, 2.75) is 0 Å². The van der Waals surface area contributed by atoms with E-state index < -0.39 is 11.8 Å². The molecule has 0 aliphatic carbocycles. The third-order valence-electron chi connectivity index (χ3n) is 2.80. The highest BCUT2D eigenvalue weighted by Crippen LogP contribution is 2.36. The molecule has 1 aliphatic heterocycles. The van der Waals surface area contributed by atoms with Crippen LogP contribution in [0.1, 0.15) is 15.2 Å². The van der Waals surface area contributed by atoms with E-state index in [4.69, 9.17) is 17.0 Å². The first-order valence-electron chi connectivity index (χ1n) is 5.41. The monoisotopic (exact) mass is 290 g/mol. The van der Waals surface area contributed by atoms with Crippen molar-refractivity contribution in [2.24, 2.45) is 0 Å². The Hall–Kier alpha value is -1.98. The molecule has 3 rings (SSSR count). The van der Waals surface area contributed by atoms with Gasteiger partial charge in [-0.1, -0.05) is 29.8 Å². The van der Waals surface area contributed by atoms with Crippen molar-refractivity contribution < 1.29 is 9.59 Å². The molecular formula is C13H7ClN2O2S. The van der Waals surface area contributed by atoms with E-state index in [0.29, 0.717) is 15.5 Å². The molecule has 1 aromatic carbocycles. The Morgan fingerprint density at radius 3 is 2.58 bits per heavy atom. The number of hydrogen-bond donors (Lipinski definition) is 2. The number of thiophene rings is 1. The predicted octanol–water partition coefficient (Wildman–Crippen LogP) is 2.71. The molecule has 1 aromatic heterocycles. The Morgan fingerprint density at radius 1 is 1.11 bits per heavy atom. The second-order valence-electron chi connectivity index (χ2n) is 3.99. The first-order chi connectivity index (χ1) is 9.08. The third-order valence-corrected chi connectivity index (χ3v) is 4.31. The largest absolute Gasteiger partial charge is 0.294 e. The van der Waals surface area contributed by atoms with E-state index in [2.05, 4.69) is 5.32 Å². The van der Waals surface area contributed by atoms with Gasteiger partial charge in [0.25, 0.3) is 11.8 Å². The van der Waals surface area contributed by atoms with Gasteiger partial charge < -0.3 is 0 Å². The van der Waals surface area contributed by atoms with Gasteiger partial charge in [0.05, 0.1) is 10.4 Å². The summed E-state index contributed by atoms with van der Waals surface area (Å²) in [6.07, 6.45) is 0. The maximum Gasteiger partial charge on any atom is 0.277 e. The number of rotatable bonds is 1. The lowest BCUT2D eigenvalue weighted by atomic mass is 10.1. The molecule has 0 saturated carbocycles. The maximum atomic E-state index is 11.7. The van der Waals surface area contributed by atoms with Gasteiger partial charge in [-0.3, -0.25) is 20.3 Å². The number of imide groups is 1. The average Bonchev–Trinajstić information content (AvgIpc) is 2.82. The Morgan fingerprint density at radius 2 is 1.84 bits per heavy atom. The standard InChI is InChI=1S/C13H7ClN2O2S/c14-8-4-2-1-3-6(8)9-5-7-11(19-9)10(15)13(18)16-12(7)17/h1-5,15H,(H,16,17,18). The lowest BCUT2D eigenvalue weighted by Gasteiger charge is -2.10. The van der Waals surface area contributed by atoms with Crippen LogP contribution in [0.2, 0.25) is 5.02 Å². The lowest BCUT2D eigenvalue weighted by molar-refractivity contribution is -0.114. The highest BCUT2D eigenvalue weighted by atomic mass is 35.5. The van der Waals surface area contributed by atoms with Crippen LogP contribution in [-0.4, -0.2) is 17.5 Å². The number of hydrogen-bond acceptors (Lipinski definition) is 4. The zero-order valence-electron chi connectivity index (χ0n) is 9.49. The van der Waals surface area contributed by atoms with E-state index in [1.165, 1.54) is 11.3 Å². The van der Waals surface area contributed by atoms with Gasteiger partial charge in [-0.05, 0) is 12.1 Å². The molecule has 0 unspecified atom stereocenters. The molecule has 2 aromatic rings. The second-order valence-corrected chi connectivity index (χ2v) is 5.45. The summed E-state index contributed by atoms with van der Waals surface area (Å²) in [5.41, 5.74) is 0.957. The van der Waals surface area contributed by atoms with E-state index in [1.807, 2.05) is 18.2 Å². The van der Waals surface area contributed by atoms with Crippen molar-refractivity contribution in [1.82, 2.24) is 5.32 Å². The Balaban J connectivity index is 2.18. The topological polar surface area (TPSA) is 70.0 Å². The quantitative estimate of drug-likeness (QED) is 0.793. The van der Waals surface area contributed by atoms with Crippen molar-refractivity contribution in [2.75, 3.05) is 0 Å². The fourth-order valence-corrected chi connectivity index (χ4v) is 3.31. The summed E-state index contributed by atoms with van der Waals surface area (Å²) >= 11 is 7.34. The number of carbonyl (C=O) groups is 2. The van der Waals surface area contributed by atoms with E-state index in [9.17, 15) is 9.59 Å². The summed E-state index contributed by atoms with van der Waals surface area (Å²) in [6.45, 7) is 0. The van der Waals surface area contributed by atoms with Gasteiger partial charge in [-0.2, -0.15) is 0 Å². The Kier molecular flexibility index (Phi) is 2.73. The van der Waals surface area contributed by atoms with Gasteiger partial charge in [0.2, 0.25) is 0 Å².